The topological polar surface area (TPSA) is 85.3 Å². The zero-order valence-corrected chi connectivity index (χ0v) is 23.3. The summed E-state index contributed by atoms with van der Waals surface area (Å²) in [5, 5.41) is 0. The van der Waals surface area contributed by atoms with E-state index in [0.717, 1.165) is 41.8 Å². The Morgan fingerprint density at radius 3 is 2.38 bits per heavy atom. The van der Waals surface area contributed by atoms with Gasteiger partial charge in [-0.25, -0.2) is 0 Å². The second-order valence-electron chi connectivity index (χ2n) is 10.2. The van der Waals surface area contributed by atoms with Gasteiger partial charge in [0.1, 0.15) is 17.3 Å². The minimum absolute atomic E-state index is 0.124. The van der Waals surface area contributed by atoms with Crippen LogP contribution in [0.1, 0.15) is 33.9 Å². The fourth-order valence-electron chi connectivity index (χ4n) is 6.01. The normalized spacial score (nSPS) is 16.4. The Labute approximate surface area is 234 Å². The van der Waals surface area contributed by atoms with Crippen molar-refractivity contribution in [1.29, 1.82) is 0 Å². The molecule has 0 saturated heterocycles. The number of benzene rings is 4. The van der Waals surface area contributed by atoms with Gasteiger partial charge in [-0.05, 0) is 64.9 Å². The first-order chi connectivity index (χ1) is 19.4. The van der Waals surface area contributed by atoms with Gasteiger partial charge in [0, 0.05) is 30.3 Å². The van der Waals surface area contributed by atoms with Gasteiger partial charge in [-0.1, -0.05) is 54.6 Å². The summed E-state index contributed by atoms with van der Waals surface area (Å²) in [6.07, 6.45) is 1.61. The largest absolute Gasteiger partial charge is 0.496 e. The van der Waals surface area contributed by atoms with Crippen LogP contribution in [0, 0.1) is 0 Å². The van der Waals surface area contributed by atoms with Crippen molar-refractivity contribution < 1.29 is 27.2 Å². The van der Waals surface area contributed by atoms with E-state index in [1.54, 1.807) is 32.4 Å². The molecule has 40 heavy (non-hydrogen) atoms. The summed E-state index contributed by atoms with van der Waals surface area (Å²) in [5.74, 6) is 2.02. The molecule has 0 bridgehead atoms. The molecule has 7 nitrogen and oxygen atoms in total. The Bertz CT molecular complexity index is 1670. The summed E-state index contributed by atoms with van der Waals surface area (Å²) in [4.78, 5) is 2.30. The molecule has 2 aliphatic rings. The monoisotopic (exact) mass is 557 g/mol. The second kappa shape index (κ2) is 10.6. The van der Waals surface area contributed by atoms with Crippen LogP contribution < -0.4 is 14.2 Å². The zero-order valence-electron chi connectivity index (χ0n) is 22.5. The van der Waals surface area contributed by atoms with E-state index < -0.39 is 10.1 Å². The van der Waals surface area contributed by atoms with Crippen molar-refractivity contribution in [2.45, 2.75) is 36.9 Å². The van der Waals surface area contributed by atoms with E-state index >= 15 is 0 Å². The Hall–Kier alpha value is -3.85. The van der Waals surface area contributed by atoms with Gasteiger partial charge < -0.3 is 14.2 Å². The first kappa shape index (κ1) is 26.4. The number of methoxy groups -OCH3 is 2. The van der Waals surface area contributed by atoms with Crippen LogP contribution in [0.15, 0.2) is 83.8 Å². The van der Waals surface area contributed by atoms with Crippen LogP contribution in [-0.4, -0.2) is 38.6 Å². The number of fused-ring (bicyclic) bond motifs is 4. The summed E-state index contributed by atoms with van der Waals surface area (Å²) in [6.45, 7) is 1.94. The molecule has 0 radical (unpaired) electrons. The maximum atomic E-state index is 12.3. The van der Waals surface area contributed by atoms with Gasteiger partial charge in [-0.2, -0.15) is 8.42 Å². The van der Waals surface area contributed by atoms with E-state index in [4.69, 9.17) is 14.2 Å². The molecule has 2 heterocycles. The summed E-state index contributed by atoms with van der Waals surface area (Å²) in [7, 11) is -1.18. The summed E-state index contributed by atoms with van der Waals surface area (Å²) < 4.78 is 52.1. The lowest BCUT2D eigenvalue weighted by Crippen LogP contribution is -2.39. The van der Waals surface area contributed by atoms with Crippen molar-refractivity contribution in [3.05, 3.63) is 107 Å². The van der Waals surface area contributed by atoms with Gasteiger partial charge >= 0.3 is 0 Å². The third-order valence-corrected chi connectivity index (χ3v) is 8.84. The highest BCUT2D eigenvalue weighted by Crippen LogP contribution is 2.47. The molecular formula is C32H31NO6S. The van der Waals surface area contributed by atoms with Crippen LogP contribution in [-0.2, 0) is 36.1 Å². The molecule has 0 amide bonds. The first-order valence-corrected chi connectivity index (χ1v) is 14.7. The summed E-state index contributed by atoms with van der Waals surface area (Å²) >= 11 is 0. The Morgan fingerprint density at radius 2 is 1.62 bits per heavy atom. The Morgan fingerprint density at radius 1 is 0.875 bits per heavy atom. The smallest absolute Gasteiger partial charge is 0.295 e. The fraction of sp³-hybridized carbons (Fsp3) is 0.250. The van der Waals surface area contributed by atoms with Crippen molar-refractivity contribution in [2.24, 2.45) is 0 Å². The van der Waals surface area contributed by atoms with Gasteiger partial charge in [0.25, 0.3) is 10.1 Å². The van der Waals surface area contributed by atoms with Crippen molar-refractivity contribution in [1.82, 2.24) is 4.90 Å². The Balaban J connectivity index is 1.37. The van der Waals surface area contributed by atoms with E-state index in [-0.39, 0.29) is 10.9 Å². The predicted molar refractivity (Wildman–Crippen MR) is 153 cm³/mol. The summed E-state index contributed by atoms with van der Waals surface area (Å²) in [5.41, 5.74) is 6.86. The first-order valence-electron chi connectivity index (χ1n) is 13.2. The second-order valence-corrected chi connectivity index (χ2v) is 11.6. The van der Waals surface area contributed by atoms with E-state index in [0.29, 0.717) is 35.8 Å². The average Bonchev–Trinajstić information content (AvgIpc) is 2.98. The van der Waals surface area contributed by atoms with Gasteiger partial charge in [0.2, 0.25) is 0 Å². The van der Waals surface area contributed by atoms with Crippen LogP contribution in [0.25, 0.3) is 11.1 Å². The quantitative estimate of drug-likeness (QED) is 0.285. The number of nitrogens with zero attached hydrogens (tertiary/aromatic N) is 1. The summed E-state index contributed by atoms with van der Waals surface area (Å²) in [6, 6.07) is 24.9. The standard InChI is InChI=1S/C32H31NO6S/c1-37-28-13-12-22-16-27-25-18-29(38-2)30(39-20-21-8-4-3-5-9-21)17-23(25)14-15-33(27)19-26(22)32(28)24-10-6-7-11-31(24)40(34,35)36/h3-13,17-18,27H,14-16,19-20H2,1-2H3,(H,34,35,36). The molecule has 4 aromatic carbocycles. The SMILES string of the molecule is COc1cc2c(cc1OCc1ccccc1)CCN1Cc3c(ccc(OC)c3-c3ccccc3S(=O)(=O)O)CC21. The average molecular weight is 558 g/mol. The van der Waals surface area contributed by atoms with Crippen molar-refractivity contribution in [2.75, 3.05) is 20.8 Å². The van der Waals surface area contributed by atoms with Crippen LogP contribution in [0.5, 0.6) is 17.2 Å². The molecule has 6 rings (SSSR count). The highest BCUT2D eigenvalue weighted by atomic mass is 32.2. The van der Waals surface area contributed by atoms with E-state index in [2.05, 4.69) is 23.1 Å². The minimum Gasteiger partial charge on any atom is -0.496 e. The molecule has 0 fully saturated rings. The molecule has 1 atom stereocenters. The van der Waals surface area contributed by atoms with Crippen LogP contribution in [0.4, 0.5) is 0 Å². The molecule has 4 aromatic rings. The molecule has 8 heteroatoms. The Kier molecular flexibility index (Phi) is 7.00. The number of hydrogen-bond donors (Lipinski definition) is 1. The predicted octanol–water partition coefficient (Wildman–Crippen LogP) is 5.85. The molecule has 2 aliphatic heterocycles. The number of ether oxygens (including phenoxy) is 3. The van der Waals surface area contributed by atoms with Crippen LogP contribution in [0.2, 0.25) is 0 Å². The molecular weight excluding hydrogens is 526 g/mol. The third kappa shape index (κ3) is 4.83. The van der Waals surface area contributed by atoms with Crippen molar-refractivity contribution >= 4 is 10.1 Å². The highest BCUT2D eigenvalue weighted by molar-refractivity contribution is 7.86. The molecule has 0 aromatic heterocycles. The highest BCUT2D eigenvalue weighted by Gasteiger charge is 2.35. The van der Waals surface area contributed by atoms with Gasteiger partial charge in [-0.3, -0.25) is 9.45 Å². The van der Waals surface area contributed by atoms with Crippen LogP contribution >= 0.6 is 0 Å². The fourth-order valence-corrected chi connectivity index (χ4v) is 6.71. The maximum Gasteiger partial charge on any atom is 0.295 e. The lowest BCUT2D eigenvalue weighted by atomic mass is 9.81. The molecule has 1 N–H and O–H groups in total. The number of hydrogen-bond acceptors (Lipinski definition) is 6. The van der Waals surface area contributed by atoms with Crippen molar-refractivity contribution in [3.63, 3.8) is 0 Å². The molecule has 0 saturated carbocycles. The lowest BCUT2D eigenvalue weighted by molar-refractivity contribution is 0.160. The van der Waals surface area contributed by atoms with Crippen LogP contribution in [0.3, 0.4) is 0 Å². The molecule has 206 valence electrons. The third-order valence-electron chi connectivity index (χ3n) is 7.93. The molecule has 1 unspecified atom stereocenters. The van der Waals surface area contributed by atoms with Gasteiger partial charge in [-0.15, -0.1) is 0 Å². The zero-order chi connectivity index (χ0) is 27.9. The maximum absolute atomic E-state index is 12.3. The molecule has 0 spiro atoms. The minimum atomic E-state index is -4.43. The van der Waals surface area contributed by atoms with Crippen molar-refractivity contribution in [3.8, 4) is 28.4 Å². The van der Waals surface area contributed by atoms with E-state index in [1.165, 1.54) is 17.2 Å². The van der Waals surface area contributed by atoms with E-state index in [1.807, 2.05) is 36.4 Å². The molecule has 0 aliphatic carbocycles. The van der Waals surface area contributed by atoms with Gasteiger partial charge in [0.05, 0.1) is 14.2 Å². The number of rotatable bonds is 7. The van der Waals surface area contributed by atoms with E-state index in [9.17, 15) is 13.0 Å². The lowest BCUT2D eigenvalue weighted by Gasteiger charge is -2.42. The van der Waals surface area contributed by atoms with Gasteiger partial charge in [0.15, 0.2) is 11.5 Å².